The van der Waals surface area contributed by atoms with E-state index in [1.165, 1.54) is 12.1 Å². The molecule has 1 unspecified atom stereocenters. The van der Waals surface area contributed by atoms with E-state index in [4.69, 9.17) is 6.42 Å². The highest BCUT2D eigenvalue weighted by Gasteiger charge is 2.37. The molecule has 0 bridgehead atoms. The van der Waals surface area contributed by atoms with Gasteiger partial charge in [0.1, 0.15) is 6.04 Å². The molecule has 1 aliphatic heterocycles. The van der Waals surface area contributed by atoms with E-state index < -0.39 is 26.9 Å². The molecular weight excluding hydrogens is 334 g/mol. The molecule has 1 aromatic rings. The fraction of sp³-hybridized carbons (Fsp3) is 0.400. The van der Waals surface area contributed by atoms with Crippen LogP contribution in [0.5, 0.6) is 0 Å². The number of piperidine rings is 1. The van der Waals surface area contributed by atoms with Crippen LogP contribution in [0.3, 0.4) is 0 Å². The third-order valence-corrected chi connectivity index (χ3v) is 5.70. The number of carbonyl (C=O) groups excluding carboxylic acids is 1. The van der Waals surface area contributed by atoms with Crippen LogP contribution < -0.4 is 5.32 Å². The third-order valence-electron chi connectivity index (χ3n) is 3.78. The van der Waals surface area contributed by atoms with Crippen LogP contribution in [0, 0.1) is 22.5 Å². The molecule has 0 saturated carbocycles. The van der Waals surface area contributed by atoms with Crippen LogP contribution in [0.4, 0.5) is 5.69 Å². The molecule has 1 aliphatic rings. The molecule has 0 aliphatic carbocycles. The van der Waals surface area contributed by atoms with E-state index in [1.54, 1.807) is 0 Å². The van der Waals surface area contributed by atoms with Crippen LogP contribution in [0.2, 0.25) is 0 Å². The number of nitrogens with zero attached hydrogens (tertiary/aromatic N) is 2. The zero-order valence-corrected chi connectivity index (χ0v) is 13.7. The second-order valence-electron chi connectivity index (χ2n) is 5.30. The standard InChI is InChI=1S/C15H17N3O5S/c1-2-10-16-15(19)14-5-3-4-11-17(14)24(22,23)13-8-6-12(7-9-13)18(20)21/h1,6-9,14H,3-5,10-11H2,(H,16,19). The van der Waals surface area contributed by atoms with Gasteiger partial charge in [-0.15, -0.1) is 6.42 Å². The van der Waals surface area contributed by atoms with Crippen LogP contribution >= 0.6 is 0 Å². The highest BCUT2D eigenvalue weighted by atomic mass is 32.2. The minimum Gasteiger partial charge on any atom is -0.344 e. The first-order valence-corrected chi connectivity index (χ1v) is 8.79. The van der Waals surface area contributed by atoms with E-state index in [1.807, 2.05) is 0 Å². The number of rotatable bonds is 5. The Morgan fingerprint density at radius 3 is 2.62 bits per heavy atom. The maximum atomic E-state index is 12.8. The van der Waals surface area contributed by atoms with Crippen LogP contribution in [0.1, 0.15) is 19.3 Å². The van der Waals surface area contributed by atoms with E-state index >= 15 is 0 Å². The lowest BCUT2D eigenvalue weighted by Crippen LogP contribution is -2.51. The summed E-state index contributed by atoms with van der Waals surface area (Å²) >= 11 is 0. The lowest BCUT2D eigenvalue weighted by Gasteiger charge is -2.33. The van der Waals surface area contributed by atoms with Crippen molar-refractivity contribution in [1.82, 2.24) is 9.62 Å². The van der Waals surface area contributed by atoms with Gasteiger partial charge in [0.2, 0.25) is 15.9 Å². The average Bonchev–Trinajstić information content (AvgIpc) is 2.59. The molecule has 128 valence electrons. The summed E-state index contributed by atoms with van der Waals surface area (Å²) in [6.45, 7) is 0.244. The van der Waals surface area contributed by atoms with Gasteiger partial charge in [-0.25, -0.2) is 8.42 Å². The summed E-state index contributed by atoms with van der Waals surface area (Å²) in [7, 11) is -3.93. The number of nitro benzene ring substituents is 1. The number of hydrogen-bond acceptors (Lipinski definition) is 5. The molecule has 0 aromatic heterocycles. The summed E-state index contributed by atoms with van der Waals surface area (Å²) in [5.74, 6) is 1.84. The molecular formula is C15H17N3O5S. The van der Waals surface area contributed by atoms with Gasteiger partial charge in [0, 0.05) is 18.7 Å². The molecule has 2 rings (SSSR count). The molecule has 1 amide bonds. The Labute approximate surface area is 140 Å². The zero-order valence-electron chi connectivity index (χ0n) is 12.8. The molecule has 0 radical (unpaired) electrons. The Kier molecular flexibility index (Phi) is 5.54. The maximum absolute atomic E-state index is 12.8. The zero-order chi connectivity index (χ0) is 17.7. The van der Waals surface area contributed by atoms with Crippen molar-refractivity contribution in [2.75, 3.05) is 13.1 Å². The van der Waals surface area contributed by atoms with Crippen molar-refractivity contribution in [2.45, 2.75) is 30.2 Å². The Balaban J connectivity index is 2.29. The number of sulfonamides is 1. The van der Waals surface area contributed by atoms with Gasteiger partial charge in [0.25, 0.3) is 5.69 Å². The lowest BCUT2D eigenvalue weighted by atomic mass is 10.0. The number of hydrogen-bond donors (Lipinski definition) is 1. The minimum atomic E-state index is -3.93. The summed E-state index contributed by atoms with van der Waals surface area (Å²) in [6.07, 6.45) is 6.89. The molecule has 1 aromatic carbocycles. The number of amides is 1. The number of nitrogens with one attached hydrogen (secondary N) is 1. The molecule has 8 nitrogen and oxygen atoms in total. The number of terminal acetylenes is 1. The smallest absolute Gasteiger partial charge is 0.269 e. The minimum absolute atomic E-state index is 0.0285. The first-order chi connectivity index (χ1) is 11.4. The van der Waals surface area contributed by atoms with E-state index in [-0.39, 0.29) is 23.7 Å². The summed E-state index contributed by atoms with van der Waals surface area (Å²) in [6, 6.07) is 3.79. The summed E-state index contributed by atoms with van der Waals surface area (Å²) in [5.41, 5.74) is -0.198. The van der Waals surface area contributed by atoms with Crippen LogP contribution in [0.25, 0.3) is 0 Å². The fourth-order valence-corrected chi connectivity index (χ4v) is 4.24. The van der Waals surface area contributed by atoms with Crippen molar-refractivity contribution < 1.29 is 18.1 Å². The first kappa shape index (κ1) is 17.9. The number of nitro groups is 1. The predicted octanol–water partition coefficient (Wildman–Crippen LogP) is 0.887. The van der Waals surface area contributed by atoms with Gasteiger partial charge in [-0.3, -0.25) is 14.9 Å². The topological polar surface area (TPSA) is 110 Å². The Bertz CT molecular complexity index is 767. The molecule has 1 saturated heterocycles. The predicted molar refractivity (Wildman–Crippen MR) is 86.5 cm³/mol. The molecule has 0 spiro atoms. The molecule has 1 N–H and O–H groups in total. The van der Waals surface area contributed by atoms with Gasteiger partial charge in [-0.05, 0) is 25.0 Å². The quantitative estimate of drug-likeness (QED) is 0.481. The summed E-state index contributed by atoms with van der Waals surface area (Å²) in [5, 5.41) is 13.2. The Morgan fingerprint density at radius 1 is 1.38 bits per heavy atom. The van der Waals surface area contributed by atoms with Crippen molar-refractivity contribution in [2.24, 2.45) is 0 Å². The van der Waals surface area contributed by atoms with Gasteiger partial charge < -0.3 is 5.32 Å². The van der Waals surface area contributed by atoms with E-state index in [0.29, 0.717) is 12.8 Å². The van der Waals surface area contributed by atoms with E-state index in [9.17, 15) is 23.3 Å². The summed E-state index contributed by atoms with van der Waals surface area (Å²) < 4.78 is 26.7. The molecule has 24 heavy (non-hydrogen) atoms. The Morgan fingerprint density at radius 2 is 2.04 bits per heavy atom. The summed E-state index contributed by atoms with van der Waals surface area (Å²) in [4.78, 5) is 22.2. The highest BCUT2D eigenvalue weighted by molar-refractivity contribution is 7.89. The van der Waals surface area contributed by atoms with Gasteiger partial charge in [0.05, 0.1) is 16.4 Å². The van der Waals surface area contributed by atoms with Crippen LogP contribution in [-0.2, 0) is 14.8 Å². The normalized spacial score (nSPS) is 18.5. The number of non-ortho nitro benzene ring substituents is 1. The van der Waals surface area contributed by atoms with Crippen molar-refractivity contribution in [1.29, 1.82) is 0 Å². The van der Waals surface area contributed by atoms with Gasteiger partial charge >= 0.3 is 0 Å². The first-order valence-electron chi connectivity index (χ1n) is 7.35. The molecule has 1 heterocycles. The van der Waals surface area contributed by atoms with Gasteiger partial charge in [-0.1, -0.05) is 12.3 Å². The van der Waals surface area contributed by atoms with Gasteiger partial charge in [0.15, 0.2) is 0 Å². The van der Waals surface area contributed by atoms with Crippen molar-refractivity contribution >= 4 is 21.6 Å². The van der Waals surface area contributed by atoms with Gasteiger partial charge in [-0.2, -0.15) is 4.31 Å². The maximum Gasteiger partial charge on any atom is 0.269 e. The van der Waals surface area contributed by atoms with E-state index in [2.05, 4.69) is 11.2 Å². The lowest BCUT2D eigenvalue weighted by molar-refractivity contribution is -0.384. The number of benzene rings is 1. The van der Waals surface area contributed by atoms with Crippen molar-refractivity contribution in [3.8, 4) is 12.3 Å². The third kappa shape index (κ3) is 3.72. The molecule has 9 heteroatoms. The van der Waals surface area contributed by atoms with Crippen LogP contribution in [-0.4, -0.2) is 42.7 Å². The fourth-order valence-electron chi connectivity index (χ4n) is 2.59. The monoisotopic (exact) mass is 351 g/mol. The van der Waals surface area contributed by atoms with Crippen LogP contribution in [0.15, 0.2) is 29.2 Å². The highest BCUT2D eigenvalue weighted by Crippen LogP contribution is 2.26. The molecule has 1 atom stereocenters. The SMILES string of the molecule is C#CCNC(=O)C1CCCCN1S(=O)(=O)c1ccc([N+](=O)[O-])cc1. The largest absolute Gasteiger partial charge is 0.344 e. The van der Waals surface area contributed by atoms with Crippen molar-refractivity contribution in [3.05, 3.63) is 34.4 Å². The Hall–Kier alpha value is -2.44. The number of carbonyl (C=O) groups is 1. The van der Waals surface area contributed by atoms with Crippen molar-refractivity contribution in [3.63, 3.8) is 0 Å². The second-order valence-corrected chi connectivity index (χ2v) is 7.19. The molecule has 1 fully saturated rings. The second kappa shape index (κ2) is 7.42. The van der Waals surface area contributed by atoms with E-state index in [0.717, 1.165) is 22.9 Å². The average molecular weight is 351 g/mol.